The molecule has 1 aromatic rings. The van der Waals surface area contributed by atoms with Gasteiger partial charge in [-0.25, -0.2) is 4.98 Å². The Morgan fingerprint density at radius 2 is 2.10 bits per heavy atom. The van der Waals surface area contributed by atoms with Gasteiger partial charge in [-0.1, -0.05) is 20.8 Å². The van der Waals surface area contributed by atoms with E-state index >= 15 is 0 Å². The predicted molar refractivity (Wildman–Crippen MR) is 131 cm³/mol. The summed E-state index contributed by atoms with van der Waals surface area (Å²) in [5, 5.41) is 6.88. The SMILES string of the molecule is CN=C(NCCc1nc(C(C)(C)C)cs1)N1CCC(OCC2CCCO2)CC1.I. The van der Waals surface area contributed by atoms with Gasteiger partial charge in [0.15, 0.2) is 5.96 Å². The van der Waals surface area contributed by atoms with Gasteiger partial charge in [0.05, 0.1) is 29.5 Å². The molecule has 0 spiro atoms. The fourth-order valence-corrected chi connectivity index (χ4v) is 4.66. The van der Waals surface area contributed by atoms with Gasteiger partial charge in [0, 0.05) is 50.5 Å². The standard InChI is InChI=1S/C21H36N4O2S.HI/c1-21(2,3)18-15-28-19(24-18)7-10-23-20(22-4)25-11-8-16(9-12-25)27-14-17-6-5-13-26-17;/h15-17H,5-14H2,1-4H3,(H,22,23);1H. The van der Waals surface area contributed by atoms with E-state index < -0.39 is 0 Å². The van der Waals surface area contributed by atoms with Gasteiger partial charge in [0.25, 0.3) is 0 Å². The van der Waals surface area contributed by atoms with Crippen LogP contribution in [0.4, 0.5) is 0 Å². The minimum absolute atomic E-state index is 0. The van der Waals surface area contributed by atoms with E-state index in [1.165, 1.54) is 17.1 Å². The van der Waals surface area contributed by atoms with E-state index in [0.717, 1.165) is 64.5 Å². The van der Waals surface area contributed by atoms with Crippen LogP contribution in [0.25, 0.3) is 0 Å². The summed E-state index contributed by atoms with van der Waals surface area (Å²) in [4.78, 5) is 11.6. The number of hydrogen-bond donors (Lipinski definition) is 1. The van der Waals surface area contributed by atoms with Crippen LogP contribution in [-0.2, 0) is 21.3 Å². The summed E-state index contributed by atoms with van der Waals surface area (Å²) in [6, 6.07) is 0. The van der Waals surface area contributed by atoms with Crippen LogP contribution in [0.5, 0.6) is 0 Å². The maximum atomic E-state index is 6.08. The number of guanidine groups is 1. The normalized spacial score (nSPS) is 21.3. The highest BCUT2D eigenvalue weighted by Gasteiger charge is 2.24. The van der Waals surface area contributed by atoms with Crippen molar-refractivity contribution in [2.24, 2.45) is 4.99 Å². The zero-order valence-corrected chi connectivity index (χ0v) is 21.4. The molecule has 2 saturated heterocycles. The quantitative estimate of drug-likeness (QED) is 0.340. The Labute approximate surface area is 196 Å². The number of thiazole rings is 1. The second-order valence-electron chi connectivity index (χ2n) is 8.76. The summed E-state index contributed by atoms with van der Waals surface area (Å²) < 4.78 is 11.7. The van der Waals surface area contributed by atoms with Crippen molar-refractivity contribution in [1.29, 1.82) is 0 Å². The van der Waals surface area contributed by atoms with Crippen molar-refractivity contribution in [2.75, 3.05) is 39.9 Å². The summed E-state index contributed by atoms with van der Waals surface area (Å²) in [6.45, 7) is 11.1. The Kier molecular flexibility index (Phi) is 10.1. The average Bonchev–Trinajstić information content (AvgIpc) is 3.36. The molecular formula is C21H37IN4O2S. The number of likely N-dealkylation sites (tertiary alicyclic amines) is 1. The lowest BCUT2D eigenvalue weighted by atomic mass is 9.93. The van der Waals surface area contributed by atoms with Gasteiger partial charge in [0.1, 0.15) is 0 Å². The molecule has 0 aliphatic carbocycles. The molecule has 3 rings (SSSR count). The van der Waals surface area contributed by atoms with Crippen LogP contribution in [0.3, 0.4) is 0 Å². The lowest BCUT2D eigenvalue weighted by Gasteiger charge is -2.34. The molecule has 1 N–H and O–H groups in total. The van der Waals surface area contributed by atoms with Gasteiger partial charge in [-0.3, -0.25) is 4.99 Å². The van der Waals surface area contributed by atoms with E-state index in [1.807, 2.05) is 7.05 Å². The first-order valence-electron chi connectivity index (χ1n) is 10.6. The van der Waals surface area contributed by atoms with Gasteiger partial charge >= 0.3 is 0 Å². The molecule has 6 nitrogen and oxygen atoms in total. The van der Waals surface area contributed by atoms with Crippen LogP contribution in [0, 0.1) is 0 Å². The highest BCUT2D eigenvalue weighted by Crippen LogP contribution is 2.24. The number of aromatic nitrogens is 1. The number of rotatable bonds is 6. The topological polar surface area (TPSA) is 59.0 Å². The van der Waals surface area contributed by atoms with Crippen molar-refractivity contribution in [2.45, 2.75) is 70.5 Å². The summed E-state index contributed by atoms with van der Waals surface area (Å²) in [6.07, 6.45) is 6.02. The first-order valence-corrected chi connectivity index (χ1v) is 11.5. The molecule has 29 heavy (non-hydrogen) atoms. The largest absolute Gasteiger partial charge is 0.376 e. The molecule has 1 unspecified atom stereocenters. The van der Waals surface area contributed by atoms with Crippen LogP contribution < -0.4 is 5.32 Å². The third-order valence-electron chi connectivity index (χ3n) is 5.44. The van der Waals surface area contributed by atoms with Crippen molar-refractivity contribution in [1.82, 2.24) is 15.2 Å². The zero-order valence-electron chi connectivity index (χ0n) is 18.3. The zero-order chi connectivity index (χ0) is 20.0. The number of ether oxygens (including phenoxy) is 2. The second kappa shape index (κ2) is 11.8. The number of piperidine rings is 1. The maximum absolute atomic E-state index is 6.08. The fraction of sp³-hybridized carbons (Fsp3) is 0.810. The lowest BCUT2D eigenvalue weighted by Crippen LogP contribution is -2.47. The summed E-state index contributed by atoms with van der Waals surface area (Å²) >= 11 is 1.76. The number of nitrogens with one attached hydrogen (secondary N) is 1. The van der Waals surface area contributed by atoms with E-state index in [9.17, 15) is 0 Å². The third-order valence-corrected chi connectivity index (χ3v) is 6.35. The van der Waals surface area contributed by atoms with Gasteiger partial charge in [-0.05, 0) is 25.7 Å². The van der Waals surface area contributed by atoms with E-state index in [2.05, 4.69) is 41.4 Å². The van der Waals surface area contributed by atoms with Gasteiger partial charge in [-0.15, -0.1) is 35.3 Å². The molecule has 8 heteroatoms. The highest BCUT2D eigenvalue weighted by molar-refractivity contribution is 14.0. The van der Waals surface area contributed by atoms with E-state index in [4.69, 9.17) is 14.5 Å². The molecule has 2 fully saturated rings. The molecule has 0 aromatic carbocycles. The maximum Gasteiger partial charge on any atom is 0.193 e. The van der Waals surface area contributed by atoms with Crippen LogP contribution in [-0.4, -0.2) is 67.9 Å². The molecule has 2 aliphatic rings. The second-order valence-corrected chi connectivity index (χ2v) is 9.70. The van der Waals surface area contributed by atoms with E-state index in [-0.39, 0.29) is 29.4 Å². The van der Waals surface area contributed by atoms with Gasteiger partial charge in [-0.2, -0.15) is 0 Å². The lowest BCUT2D eigenvalue weighted by molar-refractivity contribution is -0.0367. The van der Waals surface area contributed by atoms with Gasteiger partial charge in [0.2, 0.25) is 0 Å². The molecule has 2 aliphatic heterocycles. The Morgan fingerprint density at radius 3 is 2.69 bits per heavy atom. The van der Waals surface area contributed by atoms with Gasteiger partial charge < -0.3 is 19.7 Å². The highest BCUT2D eigenvalue weighted by atomic mass is 127. The number of halogens is 1. The molecule has 0 radical (unpaired) electrons. The molecule has 0 amide bonds. The Morgan fingerprint density at radius 1 is 1.34 bits per heavy atom. The first kappa shape index (κ1) is 24.8. The van der Waals surface area contributed by atoms with Crippen molar-refractivity contribution in [3.63, 3.8) is 0 Å². The van der Waals surface area contributed by atoms with Crippen LogP contribution in [0.1, 0.15) is 57.2 Å². The van der Waals surface area contributed by atoms with E-state index in [1.54, 1.807) is 11.3 Å². The van der Waals surface area contributed by atoms with Crippen LogP contribution in [0.2, 0.25) is 0 Å². The molecular weight excluding hydrogens is 499 g/mol. The smallest absolute Gasteiger partial charge is 0.193 e. The monoisotopic (exact) mass is 536 g/mol. The number of nitrogens with zero attached hydrogens (tertiary/aromatic N) is 3. The molecule has 0 saturated carbocycles. The molecule has 166 valence electrons. The third kappa shape index (κ3) is 7.63. The summed E-state index contributed by atoms with van der Waals surface area (Å²) in [7, 11) is 1.86. The van der Waals surface area contributed by atoms with Crippen molar-refractivity contribution in [3.05, 3.63) is 16.1 Å². The van der Waals surface area contributed by atoms with Crippen molar-refractivity contribution < 1.29 is 9.47 Å². The van der Waals surface area contributed by atoms with Crippen molar-refractivity contribution >= 4 is 41.3 Å². The summed E-state index contributed by atoms with van der Waals surface area (Å²) in [5.41, 5.74) is 1.30. The van der Waals surface area contributed by atoms with E-state index in [0.29, 0.717) is 12.2 Å². The Balaban J connectivity index is 0.00000300. The average molecular weight is 537 g/mol. The molecule has 1 aromatic heterocycles. The molecule has 0 bridgehead atoms. The Bertz CT molecular complexity index is 633. The van der Waals surface area contributed by atoms with Crippen molar-refractivity contribution in [3.8, 4) is 0 Å². The minimum atomic E-state index is 0. The molecule has 3 heterocycles. The molecule has 1 atom stereocenters. The summed E-state index contributed by atoms with van der Waals surface area (Å²) in [5.74, 6) is 0.991. The number of aliphatic imine (C=N–C) groups is 1. The van der Waals surface area contributed by atoms with Crippen LogP contribution >= 0.6 is 35.3 Å². The number of hydrogen-bond acceptors (Lipinski definition) is 5. The Hall–Kier alpha value is -0.450. The fourth-order valence-electron chi connectivity index (χ4n) is 3.64. The van der Waals surface area contributed by atoms with Crippen LogP contribution in [0.15, 0.2) is 10.4 Å². The predicted octanol–water partition coefficient (Wildman–Crippen LogP) is 3.84. The first-order chi connectivity index (χ1) is 13.5. The minimum Gasteiger partial charge on any atom is -0.376 e.